The predicted octanol–water partition coefficient (Wildman–Crippen LogP) is 1.59. The zero-order valence-corrected chi connectivity index (χ0v) is 15.1. The number of hydrogen-bond acceptors (Lipinski definition) is 4. The molecule has 2 aliphatic heterocycles. The summed E-state index contributed by atoms with van der Waals surface area (Å²) in [5, 5.41) is 3.04. The lowest BCUT2D eigenvalue weighted by atomic mass is 10.1. The molecule has 3 heterocycles. The number of hydrogen-bond donors (Lipinski definition) is 1. The van der Waals surface area contributed by atoms with E-state index in [4.69, 9.17) is 0 Å². The van der Waals surface area contributed by atoms with Gasteiger partial charge in [0.2, 0.25) is 11.8 Å². The van der Waals surface area contributed by atoms with E-state index >= 15 is 0 Å². The maximum Gasteiger partial charge on any atom is 0.225 e. The van der Waals surface area contributed by atoms with Gasteiger partial charge in [-0.3, -0.25) is 19.5 Å². The van der Waals surface area contributed by atoms with Crippen LogP contribution in [0.3, 0.4) is 0 Å². The lowest BCUT2D eigenvalue weighted by Gasteiger charge is -2.27. The topological polar surface area (TPSA) is 65.5 Å². The average molecular weight is 344 g/mol. The van der Waals surface area contributed by atoms with Crippen LogP contribution in [0.1, 0.15) is 44.7 Å². The summed E-state index contributed by atoms with van der Waals surface area (Å²) in [5.74, 6) is -0.160. The molecule has 136 valence electrons. The van der Waals surface area contributed by atoms with Crippen LogP contribution >= 0.6 is 0 Å². The lowest BCUT2D eigenvalue weighted by molar-refractivity contribution is -0.129. The molecule has 2 fully saturated rings. The van der Waals surface area contributed by atoms with Gasteiger partial charge in [-0.05, 0) is 50.6 Å². The van der Waals surface area contributed by atoms with Gasteiger partial charge in [0.05, 0.1) is 12.0 Å². The summed E-state index contributed by atoms with van der Waals surface area (Å²) in [6.07, 6.45) is 6.12. The van der Waals surface area contributed by atoms with Crippen LogP contribution in [0.2, 0.25) is 0 Å². The van der Waals surface area contributed by atoms with E-state index in [0.29, 0.717) is 19.0 Å². The Morgan fingerprint density at radius 3 is 2.88 bits per heavy atom. The number of amides is 2. The van der Waals surface area contributed by atoms with Crippen LogP contribution in [-0.4, -0.2) is 58.8 Å². The van der Waals surface area contributed by atoms with Gasteiger partial charge >= 0.3 is 0 Å². The van der Waals surface area contributed by atoms with E-state index in [1.165, 1.54) is 6.42 Å². The minimum Gasteiger partial charge on any atom is -0.349 e. The number of nitrogens with zero attached hydrogens (tertiary/aromatic N) is 3. The molecular weight excluding hydrogens is 316 g/mol. The molecule has 0 unspecified atom stereocenters. The van der Waals surface area contributed by atoms with Crippen molar-refractivity contribution in [3.8, 4) is 0 Å². The van der Waals surface area contributed by atoms with Crippen molar-refractivity contribution in [1.29, 1.82) is 0 Å². The molecule has 6 heteroatoms. The molecule has 25 heavy (non-hydrogen) atoms. The van der Waals surface area contributed by atoms with Crippen molar-refractivity contribution in [2.24, 2.45) is 5.92 Å². The van der Waals surface area contributed by atoms with Gasteiger partial charge in [-0.1, -0.05) is 6.92 Å². The number of rotatable bonds is 6. The molecular formula is C19H28N4O2. The number of pyridine rings is 1. The fourth-order valence-electron chi connectivity index (χ4n) is 3.96. The van der Waals surface area contributed by atoms with Gasteiger partial charge in [-0.25, -0.2) is 0 Å². The molecule has 1 aromatic heterocycles. The summed E-state index contributed by atoms with van der Waals surface area (Å²) in [4.78, 5) is 33.2. The molecule has 0 aliphatic carbocycles. The van der Waals surface area contributed by atoms with Crippen LogP contribution in [0.25, 0.3) is 0 Å². The zero-order chi connectivity index (χ0) is 17.8. The molecule has 2 aliphatic rings. The highest BCUT2D eigenvalue weighted by atomic mass is 16.2. The summed E-state index contributed by atoms with van der Waals surface area (Å²) in [6, 6.07) is 4.17. The fourth-order valence-corrected chi connectivity index (χ4v) is 3.96. The molecule has 0 aromatic carbocycles. The van der Waals surface area contributed by atoms with Gasteiger partial charge in [0.25, 0.3) is 0 Å². The van der Waals surface area contributed by atoms with Gasteiger partial charge in [0.15, 0.2) is 0 Å². The van der Waals surface area contributed by atoms with Gasteiger partial charge in [0, 0.05) is 37.9 Å². The summed E-state index contributed by atoms with van der Waals surface area (Å²) in [5.41, 5.74) is 1.02. The summed E-state index contributed by atoms with van der Waals surface area (Å²) in [6.45, 7) is 7.58. The monoisotopic (exact) mass is 344 g/mol. The predicted molar refractivity (Wildman–Crippen MR) is 95.8 cm³/mol. The zero-order valence-electron chi connectivity index (χ0n) is 15.1. The molecule has 2 amide bonds. The van der Waals surface area contributed by atoms with E-state index in [1.54, 1.807) is 12.4 Å². The Labute approximate surface area is 149 Å². The Bertz CT molecular complexity index is 607. The van der Waals surface area contributed by atoms with Crippen molar-refractivity contribution < 1.29 is 9.59 Å². The first-order chi connectivity index (χ1) is 12.1. The van der Waals surface area contributed by atoms with Crippen LogP contribution in [0.15, 0.2) is 24.5 Å². The Hall–Kier alpha value is -1.95. The van der Waals surface area contributed by atoms with Crippen LogP contribution in [0.5, 0.6) is 0 Å². The van der Waals surface area contributed by atoms with Crippen molar-refractivity contribution in [3.63, 3.8) is 0 Å². The van der Waals surface area contributed by atoms with Gasteiger partial charge < -0.3 is 10.2 Å². The van der Waals surface area contributed by atoms with Crippen LogP contribution in [0, 0.1) is 5.92 Å². The lowest BCUT2D eigenvalue weighted by Crippen LogP contribution is -2.41. The second-order valence-electron chi connectivity index (χ2n) is 7.14. The third kappa shape index (κ3) is 4.18. The Morgan fingerprint density at radius 2 is 2.16 bits per heavy atom. The average Bonchev–Trinajstić information content (AvgIpc) is 3.22. The number of likely N-dealkylation sites (tertiary alicyclic amines) is 2. The minimum atomic E-state index is -0.242. The van der Waals surface area contributed by atoms with Crippen molar-refractivity contribution in [3.05, 3.63) is 30.1 Å². The van der Waals surface area contributed by atoms with Crippen molar-refractivity contribution in [2.75, 3.05) is 26.2 Å². The van der Waals surface area contributed by atoms with Crippen LogP contribution in [0.4, 0.5) is 0 Å². The number of aromatic nitrogens is 1. The smallest absolute Gasteiger partial charge is 0.225 e. The molecule has 3 atom stereocenters. The Morgan fingerprint density at radius 1 is 1.40 bits per heavy atom. The minimum absolute atomic E-state index is 0.0288. The summed E-state index contributed by atoms with van der Waals surface area (Å²) < 4.78 is 0. The SMILES string of the molecule is CCN1CCC[C@@H]1CN1C[C@H](C(=O)N[C@@H](C)c2ccncc2)CC1=O. The Balaban J connectivity index is 1.54. The molecule has 0 bridgehead atoms. The van der Waals surface area contributed by atoms with Crippen LogP contribution < -0.4 is 5.32 Å². The number of nitrogens with one attached hydrogen (secondary N) is 1. The third-order valence-corrected chi connectivity index (χ3v) is 5.49. The molecule has 2 saturated heterocycles. The molecule has 1 N–H and O–H groups in total. The van der Waals surface area contributed by atoms with Crippen molar-refractivity contribution in [2.45, 2.75) is 45.2 Å². The summed E-state index contributed by atoms with van der Waals surface area (Å²) >= 11 is 0. The van der Waals surface area contributed by atoms with Crippen molar-refractivity contribution >= 4 is 11.8 Å². The highest BCUT2D eigenvalue weighted by molar-refractivity contribution is 5.89. The molecule has 0 saturated carbocycles. The van der Waals surface area contributed by atoms with Crippen molar-refractivity contribution in [1.82, 2.24) is 20.1 Å². The fraction of sp³-hybridized carbons (Fsp3) is 0.632. The molecule has 0 radical (unpaired) electrons. The highest BCUT2D eigenvalue weighted by Gasteiger charge is 2.37. The first kappa shape index (κ1) is 17.9. The van der Waals surface area contributed by atoms with E-state index in [2.05, 4.69) is 22.1 Å². The van der Waals surface area contributed by atoms with Gasteiger partial charge in [0.1, 0.15) is 0 Å². The molecule has 0 spiro atoms. The molecule has 6 nitrogen and oxygen atoms in total. The molecule has 1 aromatic rings. The van der Waals surface area contributed by atoms with E-state index in [0.717, 1.165) is 31.6 Å². The maximum atomic E-state index is 12.6. The summed E-state index contributed by atoms with van der Waals surface area (Å²) in [7, 11) is 0. The first-order valence-electron chi connectivity index (χ1n) is 9.30. The van der Waals surface area contributed by atoms with Crippen LogP contribution in [-0.2, 0) is 9.59 Å². The van der Waals surface area contributed by atoms with Gasteiger partial charge in [-0.2, -0.15) is 0 Å². The van der Waals surface area contributed by atoms with E-state index in [9.17, 15) is 9.59 Å². The van der Waals surface area contributed by atoms with E-state index in [-0.39, 0.29) is 23.8 Å². The number of carbonyl (C=O) groups is 2. The number of likely N-dealkylation sites (N-methyl/N-ethyl adjacent to an activating group) is 1. The van der Waals surface area contributed by atoms with E-state index < -0.39 is 0 Å². The maximum absolute atomic E-state index is 12.6. The standard InChI is InChI=1S/C19H28N4O2/c1-3-22-10-4-5-17(22)13-23-12-16(11-18(23)24)19(25)21-14(2)15-6-8-20-9-7-15/h6-9,14,16-17H,3-5,10-13H2,1-2H3,(H,21,25)/t14-,16+,17+/m0/s1. The normalized spacial score (nSPS) is 25.4. The third-order valence-electron chi connectivity index (χ3n) is 5.49. The number of carbonyl (C=O) groups excluding carboxylic acids is 2. The Kier molecular flexibility index (Phi) is 5.68. The van der Waals surface area contributed by atoms with Gasteiger partial charge in [-0.15, -0.1) is 0 Å². The largest absolute Gasteiger partial charge is 0.349 e. The second kappa shape index (κ2) is 7.95. The quantitative estimate of drug-likeness (QED) is 0.851. The molecule has 3 rings (SSSR count). The highest BCUT2D eigenvalue weighted by Crippen LogP contribution is 2.24. The van der Waals surface area contributed by atoms with E-state index in [1.807, 2.05) is 24.0 Å². The second-order valence-corrected chi connectivity index (χ2v) is 7.14. The first-order valence-corrected chi connectivity index (χ1v) is 9.30.